The fraction of sp³-hybridized carbons (Fsp3) is 0.0909. The van der Waals surface area contributed by atoms with Crippen molar-refractivity contribution < 1.29 is 31.9 Å². The second kappa shape index (κ2) is 4.29. The number of aromatic carboxylic acids is 1. The van der Waals surface area contributed by atoms with E-state index in [1.807, 2.05) is 4.98 Å². The highest BCUT2D eigenvalue weighted by molar-refractivity contribution is 5.93. The molecule has 20 heavy (non-hydrogen) atoms. The molecule has 9 heteroatoms. The van der Waals surface area contributed by atoms with Crippen molar-refractivity contribution in [3.8, 4) is 0 Å². The zero-order chi connectivity index (χ0) is 15.2. The van der Waals surface area contributed by atoms with Gasteiger partial charge in [-0.2, -0.15) is 13.2 Å². The van der Waals surface area contributed by atoms with E-state index in [1.54, 1.807) is 0 Å². The lowest BCUT2D eigenvalue weighted by Crippen LogP contribution is -2.19. The summed E-state index contributed by atoms with van der Waals surface area (Å²) >= 11 is 0. The molecule has 0 bridgehead atoms. The van der Waals surface area contributed by atoms with Gasteiger partial charge in [-0.1, -0.05) is 0 Å². The van der Waals surface area contributed by atoms with Crippen LogP contribution in [0, 0.1) is 11.6 Å². The first kappa shape index (κ1) is 14.0. The van der Waals surface area contributed by atoms with Crippen molar-refractivity contribution in [1.82, 2.24) is 4.98 Å². The maximum Gasteiger partial charge on any atom is 0.421 e. The third kappa shape index (κ3) is 2.00. The van der Waals surface area contributed by atoms with Crippen LogP contribution in [0.25, 0.3) is 10.9 Å². The Labute approximate surface area is 106 Å². The second-order valence-corrected chi connectivity index (χ2v) is 3.80. The first-order valence-electron chi connectivity index (χ1n) is 4.98. The van der Waals surface area contributed by atoms with Gasteiger partial charge in [-0.15, -0.1) is 0 Å². The molecule has 2 rings (SSSR count). The van der Waals surface area contributed by atoms with Crippen molar-refractivity contribution in [2.45, 2.75) is 6.18 Å². The summed E-state index contributed by atoms with van der Waals surface area (Å²) in [7, 11) is 0. The predicted octanol–water partition coefficient (Wildman–Crippen LogP) is 2.52. The molecule has 0 aliphatic carbocycles. The summed E-state index contributed by atoms with van der Waals surface area (Å²) in [6.07, 6.45) is -4.75. The number of carbonyl (C=O) groups is 1. The van der Waals surface area contributed by atoms with E-state index in [0.29, 0.717) is 6.20 Å². The van der Waals surface area contributed by atoms with Gasteiger partial charge in [0.15, 0.2) is 11.6 Å². The molecule has 106 valence electrons. The lowest BCUT2D eigenvalue weighted by atomic mass is 10.1. The summed E-state index contributed by atoms with van der Waals surface area (Å²) in [6.45, 7) is 0. The SMILES string of the molecule is O=C(O)c1c[nH]c2c(C(F)(F)F)c(F)c(F)cc2c1=O. The number of nitrogens with one attached hydrogen (secondary N) is 1. The Bertz CT molecular complexity index is 778. The smallest absolute Gasteiger partial charge is 0.421 e. The van der Waals surface area contributed by atoms with Gasteiger partial charge in [0, 0.05) is 6.20 Å². The first-order valence-corrected chi connectivity index (χ1v) is 4.98. The van der Waals surface area contributed by atoms with Gasteiger partial charge < -0.3 is 10.1 Å². The predicted molar refractivity (Wildman–Crippen MR) is 56.4 cm³/mol. The fourth-order valence-corrected chi connectivity index (χ4v) is 1.74. The van der Waals surface area contributed by atoms with Crippen molar-refractivity contribution in [1.29, 1.82) is 0 Å². The number of hydrogen-bond acceptors (Lipinski definition) is 2. The molecule has 4 nitrogen and oxygen atoms in total. The molecule has 0 fully saturated rings. The van der Waals surface area contributed by atoms with E-state index in [2.05, 4.69) is 0 Å². The number of hydrogen-bond donors (Lipinski definition) is 2. The van der Waals surface area contributed by atoms with Crippen LogP contribution in [0.1, 0.15) is 15.9 Å². The van der Waals surface area contributed by atoms with Gasteiger partial charge in [0.2, 0.25) is 5.43 Å². The van der Waals surface area contributed by atoms with Crippen LogP contribution < -0.4 is 5.43 Å². The first-order chi connectivity index (χ1) is 9.14. The van der Waals surface area contributed by atoms with Gasteiger partial charge in [-0.3, -0.25) is 4.79 Å². The summed E-state index contributed by atoms with van der Waals surface area (Å²) in [5.41, 5.74) is -5.21. The Morgan fingerprint density at radius 1 is 1.25 bits per heavy atom. The summed E-state index contributed by atoms with van der Waals surface area (Å²) in [5, 5.41) is 7.78. The second-order valence-electron chi connectivity index (χ2n) is 3.80. The van der Waals surface area contributed by atoms with Crippen LogP contribution in [0.2, 0.25) is 0 Å². The molecule has 0 spiro atoms. The van der Waals surface area contributed by atoms with E-state index >= 15 is 0 Å². The molecule has 0 saturated carbocycles. The van der Waals surface area contributed by atoms with Crippen LogP contribution in [0.5, 0.6) is 0 Å². The molecule has 1 aromatic carbocycles. The van der Waals surface area contributed by atoms with E-state index in [4.69, 9.17) is 5.11 Å². The number of pyridine rings is 1. The number of alkyl halides is 3. The number of benzene rings is 1. The number of carboxylic acid groups (broad SMARTS) is 1. The normalized spacial score (nSPS) is 11.8. The molecule has 1 aromatic heterocycles. The minimum atomic E-state index is -5.25. The summed E-state index contributed by atoms with van der Waals surface area (Å²) in [4.78, 5) is 24.2. The van der Waals surface area contributed by atoms with Crippen molar-refractivity contribution in [3.63, 3.8) is 0 Å². The van der Waals surface area contributed by atoms with Gasteiger partial charge in [-0.25, -0.2) is 13.6 Å². The zero-order valence-corrected chi connectivity index (χ0v) is 9.31. The molecule has 0 aliphatic heterocycles. The molecule has 2 N–H and O–H groups in total. The molecule has 2 aromatic rings. The molecule has 0 aliphatic rings. The summed E-state index contributed by atoms with van der Waals surface area (Å²) in [5.74, 6) is -5.76. The highest BCUT2D eigenvalue weighted by Gasteiger charge is 2.38. The number of carboxylic acids is 1. The van der Waals surface area contributed by atoms with Crippen LogP contribution in [-0.2, 0) is 6.18 Å². The number of aromatic amines is 1. The Morgan fingerprint density at radius 2 is 1.85 bits per heavy atom. The van der Waals surface area contributed by atoms with Crippen molar-refractivity contribution in [2.75, 3.05) is 0 Å². The van der Waals surface area contributed by atoms with E-state index < -0.39 is 51.2 Å². The maximum absolute atomic E-state index is 13.3. The third-order valence-electron chi connectivity index (χ3n) is 2.58. The van der Waals surface area contributed by atoms with Crippen LogP contribution in [-0.4, -0.2) is 16.1 Å². The minimum absolute atomic E-state index is 0.227. The lowest BCUT2D eigenvalue weighted by Gasteiger charge is -2.12. The molecular formula is C11H4F5NO3. The average molecular weight is 293 g/mol. The number of aromatic nitrogens is 1. The van der Waals surface area contributed by atoms with Crippen LogP contribution >= 0.6 is 0 Å². The highest BCUT2D eigenvalue weighted by Crippen LogP contribution is 2.36. The van der Waals surface area contributed by atoms with Crippen molar-refractivity contribution in [3.05, 3.63) is 45.2 Å². The van der Waals surface area contributed by atoms with Gasteiger partial charge in [-0.05, 0) is 6.07 Å². The minimum Gasteiger partial charge on any atom is -0.477 e. The van der Waals surface area contributed by atoms with Gasteiger partial charge in [0.1, 0.15) is 11.1 Å². The fourth-order valence-electron chi connectivity index (χ4n) is 1.74. The molecule has 0 amide bonds. The highest BCUT2D eigenvalue weighted by atomic mass is 19.4. The molecular weight excluding hydrogens is 289 g/mol. The van der Waals surface area contributed by atoms with Crippen molar-refractivity contribution in [2.24, 2.45) is 0 Å². The standard InChI is InChI=1S/C11H4F5NO3/c12-5-1-3-8(6(7(5)13)11(14,15)16)17-2-4(9(3)18)10(19)20/h1-2H,(H,17,18)(H,19,20). The lowest BCUT2D eigenvalue weighted by molar-refractivity contribution is -0.139. The monoisotopic (exact) mass is 293 g/mol. The largest absolute Gasteiger partial charge is 0.477 e. The van der Waals surface area contributed by atoms with Gasteiger partial charge in [0.05, 0.1) is 10.9 Å². The van der Waals surface area contributed by atoms with E-state index in [-0.39, 0.29) is 6.07 Å². The van der Waals surface area contributed by atoms with Crippen molar-refractivity contribution >= 4 is 16.9 Å². The third-order valence-corrected chi connectivity index (χ3v) is 2.58. The molecule has 0 radical (unpaired) electrons. The van der Waals surface area contributed by atoms with Gasteiger partial charge in [0.25, 0.3) is 0 Å². The van der Waals surface area contributed by atoms with E-state index in [9.17, 15) is 31.5 Å². The number of rotatable bonds is 1. The van der Waals surface area contributed by atoms with E-state index in [0.717, 1.165) is 0 Å². The quantitative estimate of drug-likeness (QED) is 0.794. The molecule has 1 heterocycles. The Hall–Kier alpha value is -2.45. The average Bonchev–Trinajstić information content (AvgIpc) is 2.30. The molecule has 0 unspecified atom stereocenters. The van der Waals surface area contributed by atoms with Crippen LogP contribution in [0.4, 0.5) is 22.0 Å². The Morgan fingerprint density at radius 3 is 2.35 bits per heavy atom. The van der Waals surface area contributed by atoms with Crippen LogP contribution in [0.15, 0.2) is 17.1 Å². The number of halogens is 5. The Balaban J connectivity index is 3.02. The van der Waals surface area contributed by atoms with Crippen LogP contribution in [0.3, 0.4) is 0 Å². The Kier molecular flexibility index (Phi) is 2.99. The maximum atomic E-state index is 13.3. The number of fused-ring (bicyclic) bond motifs is 1. The zero-order valence-electron chi connectivity index (χ0n) is 9.31. The molecule has 0 saturated heterocycles. The summed E-state index contributed by atoms with van der Waals surface area (Å²) < 4.78 is 64.6. The molecule has 0 atom stereocenters. The topological polar surface area (TPSA) is 70.2 Å². The van der Waals surface area contributed by atoms with E-state index in [1.165, 1.54) is 0 Å². The summed E-state index contributed by atoms with van der Waals surface area (Å²) in [6, 6.07) is 0.227. The van der Waals surface area contributed by atoms with Gasteiger partial charge >= 0.3 is 12.1 Å². The number of H-pyrrole nitrogens is 1.